The summed E-state index contributed by atoms with van der Waals surface area (Å²) in [5.74, 6) is -0.556. The zero-order chi connectivity index (χ0) is 24.2. The van der Waals surface area contributed by atoms with E-state index in [-0.39, 0.29) is 11.9 Å². The van der Waals surface area contributed by atoms with Gasteiger partial charge in [0.2, 0.25) is 0 Å². The van der Waals surface area contributed by atoms with Crippen LogP contribution in [0.1, 0.15) is 41.5 Å². The second kappa shape index (κ2) is 18.4. The van der Waals surface area contributed by atoms with Crippen molar-refractivity contribution in [2.24, 2.45) is 0 Å². The zero-order valence-electron chi connectivity index (χ0n) is 20.1. The Kier molecular flexibility index (Phi) is 16.4. The van der Waals surface area contributed by atoms with Crippen molar-refractivity contribution in [3.05, 3.63) is 107 Å². The number of hydrogen-bond donors (Lipinski definition) is 0. The van der Waals surface area contributed by atoms with E-state index in [1.807, 2.05) is 113 Å². The van der Waals surface area contributed by atoms with Crippen LogP contribution >= 0.6 is 0 Å². The van der Waals surface area contributed by atoms with Crippen molar-refractivity contribution in [3.63, 3.8) is 0 Å². The smallest absolute Gasteiger partial charge is 0.302 e. The van der Waals surface area contributed by atoms with E-state index in [0.717, 1.165) is 22.3 Å². The summed E-state index contributed by atoms with van der Waals surface area (Å²) < 4.78 is 9.70. The molecule has 0 aromatic rings. The Labute approximate surface area is 193 Å². The third kappa shape index (κ3) is 19.9. The zero-order valence-corrected chi connectivity index (χ0v) is 20.1. The van der Waals surface area contributed by atoms with Crippen molar-refractivity contribution in [1.82, 2.24) is 0 Å². The topological polar surface area (TPSA) is 52.6 Å². The molecule has 0 atom stereocenters. The molecule has 0 aliphatic carbocycles. The van der Waals surface area contributed by atoms with Crippen molar-refractivity contribution in [2.45, 2.75) is 41.5 Å². The Morgan fingerprint density at radius 3 is 1.16 bits per heavy atom. The molecule has 0 unspecified atom stereocenters. The maximum Gasteiger partial charge on any atom is 0.302 e. The maximum absolute atomic E-state index is 10.7. The Morgan fingerprint density at radius 1 is 0.500 bits per heavy atom. The van der Waals surface area contributed by atoms with Crippen molar-refractivity contribution < 1.29 is 19.1 Å². The van der Waals surface area contributed by atoms with Crippen LogP contribution in [-0.2, 0) is 19.1 Å². The first kappa shape index (κ1) is 28.6. The lowest BCUT2D eigenvalue weighted by Gasteiger charge is -1.94. The summed E-state index contributed by atoms with van der Waals surface area (Å²) in [4.78, 5) is 21.4. The Balaban J connectivity index is 4.54. The highest BCUT2D eigenvalue weighted by molar-refractivity contribution is 5.66. The van der Waals surface area contributed by atoms with Gasteiger partial charge >= 0.3 is 11.9 Å². The highest BCUT2D eigenvalue weighted by Gasteiger charge is 1.88. The lowest BCUT2D eigenvalue weighted by atomic mass is 10.2. The van der Waals surface area contributed by atoms with Gasteiger partial charge in [-0.2, -0.15) is 0 Å². The molecule has 0 saturated carbocycles. The first-order chi connectivity index (χ1) is 15.2. The summed E-state index contributed by atoms with van der Waals surface area (Å²) >= 11 is 0. The number of allylic oxidation sites excluding steroid dienone is 16. The maximum atomic E-state index is 10.7. The normalized spacial score (nSPS) is 14.6. The first-order valence-corrected chi connectivity index (χ1v) is 10.5. The fourth-order valence-corrected chi connectivity index (χ4v) is 2.14. The molecule has 0 heterocycles. The van der Waals surface area contributed by atoms with Crippen LogP contribution in [0.15, 0.2) is 107 Å². The third-order valence-electron chi connectivity index (χ3n) is 3.79. The molecule has 0 rings (SSSR count). The Bertz CT molecular complexity index is 797. The van der Waals surface area contributed by atoms with Gasteiger partial charge in [-0.15, -0.1) is 0 Å². The number of carbonyl (C=O) groups excluding carboxylic acids is 2. The van der Waals surface area contributed by atoms with Crippen molar-refractivity contribution >= 4 is 11.9 Å². The van der Waals surface area contributed by atoms with E-state index >= 15 is 0 Å². The first-order valence-electron chi connectivity index (χ1n) is 10.5. The van der Waals surface area contributed by atoms with Crippen LogP contribution in [-0.4, -0.2) is 25.2 Å². The fraction of sp³-hybridized carbons (Fsp3) is 0.286. The van der Waals surface area contributed by atoms with E-state index in [9.17, 15) is 9.59 Å². The van der Waals surface area contributed by atoms with Crippen molar-refractivity contribution in [1.29, 1.82) is 0 Å². The molecule has 0 bridgehead atoms. The van der Waals surface area contributed by atoms with Crippen LogP contribution in [0.5, 0.6) is 0 Å². The molecule has 0 fully saturated rings. The molecule has 0 aliphatic rings. The van der Waals surface area contributed by atoms with Gasteiger partial charge in [0.25, 0.3) is 0 Å². The van der Waals surface area contributed by atoms with Crippen LogP contribution in [0.4, 0.5) is 0 Å². The number of esters is 2. The molecule has 0 saturated heterocycles. The van der Waals surface area contributed by atoms with E-state index < -0.39 is 0 Å². The molecule has 0 spiro atoms. The van der Waals surface area contributed by atoms with Crippen molar-refractivity contribution in [2.75, 3.05) is 13.2 Å². The second-order valence-electron chi connectivity index (χ2n) is 7.16. The lowest BCUT2D eigenvalue weighted by Crippen LogP contribution is -1.97. The number of hydrogen-bond acceptors (Lipinski definition) is 4. The van der Waals surface area contributed by atoms with E-state index in [1.54, 1.807) is 0 Å². The highest BCUT2D eigenvalue weighted by atomic mass is 16.5. The minimum atomic E-state index is -0.278. The second-order valence-corrected chi connectivity index (χ2v) is 7.16. The van der Waals surface area contributed by atoms with Gasteiger partial charge in [0, 0.05) is 13.8 Å². The summed E-state index contributed by atoms with van der Waals surface area (Å²) in [5.41, 5.74) is 4.42. The molecule has 0 N–H and O–H groups in total. The molecule has 172 valence electrons. The van der Waals surface area contributed by atoms with E-state index in [4.69, 9.17) is 9.47 Å². The number of rotatable bonds is 12. The summed E-state index contributed by atoms with van der Waals surface area (Å²) in [5, 5.41) is 0. The Hall–Kier alpha value is -3.40. The summed E-state index contributed by atoms with van der Waals surface area (Å²) in [6.45, 7) is 11.4. The summed E-state index contributed by atoms with van der Waals surface area (Å²) in [6.07, 6.45) is 27.6. The van der Waals surface area contributed by atoms with Crippen LogP contribution in [0, 0.1) is 0 Å². The molecule has 4 nitrogen and oxygen atoms in total. The average Bonchev–Trinajstić information content (AvgIpc) is 2.71. The number of ether oxygens (including phenoxy) is 2. The molecule has 0 aromatic heterocycles. The molecule has 0 aliphatic heterocycles. The monoisotopic (exact) mass is 436 g/mol. The van der Waals surface area contributed by atoms with E-state index in [2.05, 4.69) is 0 Å². The van der Waals surface area contributed by atoms with Gasteiger partial charge in [0.15, 0.2) is 0 Å². The summed E-state index contributed by atoms with van der Waals surface area (Å²) in [7, 11) is 0. The quantitative estimate of drug-likeness (QED) is 0.253. The minimum absolute atomic E-state index is 0.278. The van der Waals surface area contributed by atoms with Gasteiger partial charge < -0.3 is 9.47 Å². The molecule has 32 heavy (non-hydrogen) atoms. The third-order valence-corrected chi connectivity index (χ3v) is 3.79. The van der Waals surface area contributed by atoms with Gasteiger partial charge in [0.1, 0.15) is 13.2 Å². The fourth-order valence-electron chi connectivity index (χ4n) is 2.14. The van der Waals surface area contributed by atoms with Crippen LogP contribution in [0.25, 0.3) is 0 Å². The largest absolute Gasteiger partial charge is 0.462 e. The molecule has 0 amide bonds. The molecular formula is C28H36O4. The van der Waals surface area contributed by atoms with Crippen LogP contribution in [0.3, 0.4) is 0 Å². The van der Waals surface area contributed by atoms with E-state index in [1.165, 1.54) is 13.8 Å². The van der Waals surface area contributed by atoms with E-state index in [0.29, 0.717) is 13.2 Å². The number of carbonyl (C=O) groups is 2. The lowest BCUT2D eigenvalue weighted by molar-refractivity contribution is -0.140. The molecular weight excluding hydrogens is 400 g/mol. The molecule has 0 aromatic carbocycles. The highest BCUT2D eigenvalue weighted by Crippen LogP contribution is 2.02. The standard InChI is InChI=1S/C28H36O4/c1-23(15-9-17-25(3)19-11-21-31-27(5)29)13-7-8-14-24(2)16-10-18-26(4)20-12-22-32-28(6)30/h7-20H,21-22H2,1-6H3/b8-7+,15-9+,16-10+,19-11+,20-12+,23-13+,24-14+,25-17+,26-18+. The predicted molar refractivity (Wildman–Crippen MR) is 134 cm³/mol. The van der Waals surface area contributed by atoms with Gasteiger partial charge in [-0.1, -0.05) is 95.2 Å². The SMILES string of the molecule is CC(=O)OC/C=C/C(C)=C/C=C/C(C)=C/C=C/C=C(C)/C=C/C=C(C)/C=C/COC(C)=O. The predicted octanol–water partition coefficient (Wildman–Crippen LogP) is 6.68. The van der Waals surface area contributed by atoms with Gasteiger partial charge in [-0.3, -0.25) is 9.59 Å². The minimum Gasteiger partial charge on any atom is -0.462 e. The molecule has 4 heteroatoms. The van der Waals surface area contributed by atoms with Crippen LogP contribution in [0.2, 0.25) is 0 Å². The van der Waals surface area contributed by atoms with Crippen LogP contribution < -0.4 is 0 Å². The van der Waals surface area contributed by atoms with Crippen molar-refractivity contribution in [3.8, 4) is 0 Å². The van der Waals surface area contributed by atoms with Gasteiger partial charge in [-0.05, 0) is 39.8 Å². The Morgan fingerprint density at radius 2 is 0.812 bits per heavy atom. The summed E-state index contributed by atoms with van der Waals surface area (Å²) in [6, 6.07) is 0. The average molecular weight is 437 g/mol. The van der Waals surface area contributed by atoms with Gasteiger partial charge in [0.05, 0.1) is 0 Å². The molecule has 0 radical (unpaired) electrons. The van der Waals surface area contributed by atoms with Gasteiger partial charge in [-0.25, -0.2) is 0 Å².